The Balaban J connectivity index is 1.82. The number of carbonyl (C=O) groups is 1. The minimum absolute atomic E-state index is 0.0327. The monoisotopic (exact) mass is 395 g/mol. The van der Waals surface area contributed by atoms with Crippen molar-refractivity contribution in [2.45, 2.75) is 18.8 Å². The van der Waals surface area contributed by atoms with Crippen molar-refractivity contribution in [2.24, 2.45) is 0 Å². The molecule has 6 nitrogen and oxygen atoms in total. The van der Waals surface area contributed by atoms with Crippen molar-refractivity contribution in [3.05, 3.63) is 64.1 Å². The fourth-order valence-electron chi connectivity index (χ4n) is 2.04. The molecule has 0 aliphatic heterocycles. The Labute approximate surface area is 147 Å². The molecule has 2 rings (SSSR count). The molecule has 0 aromatic heterocycles. The van der Waals surface area contributed by atoms with E-state index in [0.29, 0.717) is 10.0 Å². The average Bonchev–Trinajstić information content (AvgIpc) is 2.60. The van der Waals surface area contributed by atoms with E-state index in [1.807, 2.05) is 30.3 Å². The summed E-state index contributed by atoms with van der Waals surface area (Å²) in [5.41, 5.74) is 1.17. The maximum absolute atomic E-state index is 11.6. The molecular formula is C17H18BrNO5. The number of carbonyl (C=O) groups excluding carboxylic acids is 1. The largest absolute Gasteiger partial charge is 0.508 e. The molecule has 128 valence electrons. The predicted molar refractivity (Wildman–Crippen MR) is 91.4 cm³/mol. The van der Waals surface area contributed by atoms with Gasteiger partial charge in [0.1, 0.15) is 24.6 Å². The lowest BCUT2D eigenvalue weighted by molar-refractivity contribution is 0.0179. The number of aliphatic hydroxyl groups is 2. The van der Waals surface area contributed by atoms with Crippen LogP contribution in [0.5, 0.6) is 5.75 Å². The third-order valence-corrected chi connectivity index (χ3v) is 4.05. The first kappa shape index (κ1) is 18.3. The zero-order valence-electron chi connectivity index (χ0n) is 12.7. The lowest BCUT2D eigenvalue weighted by atomic mass is 10.0. The lowest BCUT2D eigenvalue weighted by Crippen LogP contribution is -2.35. The Morgan fingerprint density at radius 2 is 1.88 bits per heavy atom. The van der Waals surface area contributed by atoms with Crippen molar-refractivity contribution in [2.75, 3.05) is 6.54 Å². The van der Waals surface area contributed by atoms with Crippen LogP contribution >= 0.6 is 15.9 Å². The van der Waals surface area contributed by atoms with Gasteiger partial charge in [-0.3, -0.25) is 0 Å². The van der Waals surface area contributed by atoms with Crippen LogP contribution in [0.1, 0.15) is 17.2 Å². The smallest absolute Gasteiger partial charge is 0.407 e. The van der Waals surface area contributed by atoms with Gasteiger partial charge in [-0.25, -0.2) is 4.79 Å². The Morgan fingerprint density at radius 1 is 1.17 bits per heavy atom. The van der Waals surface area contributed by atoms with Gasteiger partial charge in [-0.2, -0.15) is 0 Å². The van der Waals surface area contributed by atoms with Crippen LogP contribution in [0, 0.1) is 0 Å². The number of benzene rings is 2. The van der Waals surface area contributed by atoms with Crippen LogP contribution in [-0.2, 0) is 11.3 Å². The van der Waals surface area contributed by atoms with Gasteiger partial charge in [0.2, 0.25) is 0 Å². The van der Waals surface area contributed by atoms with Gasteiger partial charge in [0.05, 0.1) is 0 Å². The summed E-state index contributed by atoms with van der Waals surface area (Å²) in [4.78, 5) is 11.6. The topological polar surface area (TPSA) is 99.0 Å². The van der Waals surface area contributed by atoms with Gasteiger partial charge in [-0.1, -0.05) is 46.3 Å². The Morgan fingerprint density at radius 3 is 2.58 bits per heavy atom. The molecule has 0 fully saturated rings. The fourth-order valence-corrected chi connectivity index (χ4v) is 2.52. The number of ether oxygens (including phenoxy) is 1. The highest BCUT2D eigenvalue weighted by atomic mass is 79.9. The normalized spacial score (nSPS) is 13.1. The van der Waals surface area contributed by atoms with Crippen LogP contribution in [0.4, 0.5) is 4.79 Å². The van der Waals surface area contributed by atoms with Gasteiger partial charge < -0.3 is 25.4 Å². The number of halogens is 1. The van der Waals surface area contributed by atoms with Crippen molar-refractivity contribution in [3.8, 4) is 5.75 Å². The second-order valence-corrected chi connectivity index (χ2v) is 6.01. The third kappa shape index (κ3) is 5.23. The van der Waals surface area contributed by atoms with E-state index in [2.05, 4.69) is 21.2 Å². The number of aliphatic hydroxyl groups excluding tert-OH is 2. The summed E-state index contributed by atoms with van der Waals surface area (Å²) < 4.78 is 5.56. The number of hydrogen-bond donors (Lipinski definition) is 4. The van der Waals surface area contributed by atoms with Crippen molar-refractivity contribution in [3.63, 3.8) is 0 Å². The molecule has 0 bridgehead atoms. The second-order valence-electron chi connectivity index (χ2n) is 5.16. The van der Waals surface area contributed by atoms with E-state index < -0.39 is 18.3 Å². The van der Waals surface area contributed by atoms with Crippen LogP contribution in [-0.4, -0.2) is 34.1 Å². The first-order chi connectivity index (χ1) is 11.5. The molecule has 0 saturated heterocycles. The third-order valence-electron chi connectivity index (χ3n) is 3.33. The number of amides is 1. The Hall–Kier alpha value is -2.09. The highest BCUT2D eigenvalue weighted by molar-refractivity contribution is 9.10. The zero-order chi connectivity index (χ0) is 17.5. The minimum Gasteiger partial charge on any atom is -0.508 e. The summed E-state index contributed by atoms with van der Waals surface area (Å²) in [6.07, 6.45) is -3.23. The maximum Gasteiger partial charge on any atom is 0.407 e. The molecule has 24 heavy (non-hydrogen) atoms. The van der Waals surface area contributed by atoms with Gasteiger partial charge in [-0.05, 0) is 23.8 Å². The summed E-state index contributed by atoms with van der Waals surface area (Å²) in [6, 6.07) is 13.5. The standard InChI is InChI=1S/C17H18BrNO5/c18-14-7-6-12(20)8-13(14)16(22)15(21)9-19-17(23)24-10-11-4-2-1-3-5-11/h1-8,15-16,20-22H,9-10H2,(H,19,23). The number of alkyl carbamates (subject to hydrolysis) is 1. The van der Waals surface area contributed by atoms with Crippen LogP contribution < -0.4 is 5.32 Å². The van der Waals surface area contributed by atoms with Gasteiger partial charge in [0.15, 0.2) is 0 Å². The maximum atomic E-state index is 11.6. The highest BCUT2D eigenvalue weighted by Gasteiger charge is 2.22. The van der Waals surface area contributed by atoms with Gasteiger partial charge in [-0.15, -0.1) is 0 Å². The van der Waals surface area contributed by atoms with E-state index >= 15 is 0 Å². The molecule has 0 radical (unpaired) electrons. The SMILES string of the molecule is O=C(NCC(O)C(O)c1cc(O)ccc1Br)OCc1ccccc1. The van der Waals surface area contributed by atoms with Crippen molar-refractivity contribution in [1.29, 1.82) is 0 Å². The molecule has 2 aromatic rings. The number of phenols is 1. The summed E-state index contributed by atoms with van der Waals surface area (Å²) >= 11 is 3.24. The molecule has 0 spiro atoms. The summed E-state index contributed by atoms with van der Waals surface area (Å²) in [6.45, 7) is -0.0830. The van der Waals surface area contributed by atoms with Crippen LogP contribution in [0.3, 0.4) is 0 Å². The summed E-state index contributed by atoms with van der Waals surface area (Å²) in [7, 11) is 0. The molecule has 2 unspecified atom stereocenters. The molecule has 0 aliphatic rings. The quantitative estimate of drug-likeness (QED) is 0.602. The molecule has 1 amide bonds. The van der Waals surface area contributed by atoms with Gasteiger partial charge in [0, 0.05) is 16.6 Å². The summed E-state index contributed by atoms with van der Waals surface area (Å²) in [5.74, 6) is -0.0327. The molecular weight excluding hydrogens is 378 g/mol. The second kappa shape index (κ2) is 8.68. The highest BCUT2D eigenvalue weighted by Crippen LogP contribution is 2.28. The molecule has 0 saturated carbocycles. The van der Waals surface area contributed by atoms with E-state index in [4.69, 9.17) is 4.74 Å². The van der Waals surface area contributed by atoms with E-state index in [9.17, 15) is 20.1 Å². The number of aromatic hydroxyl groups is 1. The molecule has 4 N–H and O–H groups in total. The van der Waals surface area contributed by atoms with E-state index in [1.165, 1.54) is 12.1 Å². The predicted octanol–water partition coefficient (Wildman–Crippen LogP) is 2.48. The van der Waals surface area contributed by atoms with Crippen LogP contribution in [0.25, 0.3) is 0 Å². The average molecular weight is 396 g/mol. The molecule has 7 heteroatoms. The van der Waals surface area contributed by atoms with Crippen molar-refractivity contribution >= 4 is 22.0 Å². The first-order valence-electron chi connectivity index (χ1n) is 7.26. The summed E-state index contributed by atoms with van der Waals surface area (Å²) in [5, 5.41) is 32.0. The number of phenolic OH excluding ortho intramolecular Hbond substituents is 1. The van der Waals surface area contributed by atoms with Crippen molar-refractivity contribution < 1.29 is 24.9 Å². The zero-order valence-corrected chi connectivity index (χ0v) is 14.3. The van der Waals surface area contributed by atoms with E-state index in [1.54, 1.807) is 6.07 Å². The number of rotatable bonds is 6. The fraction of sp³-hybridized carbons (Fsp3) is 0.235. The molecule has 2 atom stereocenters. The molecule has 2 aromatic carbocycles. The van der Waals surface area contributed by atoms with Gasteiger partial charge in [0.25, 0.3) is 0 Å². The Kier molecular flexibility index (Phi) is 6.60. The molecule has 0 aliphatic carbocycles. The van der Waals surface area contributed by atoms with Crippen molar-refractivity contribution in [1.82, 2.24) is 5.32 Å². The van der Waals surface area contributed by atoms with Crippen LogP contribution in [0.2, 0.25) is 0 Å². The lowest BCUT2D eigenvalue weighted by Gasteiger charge is -2.20. The number of nitrogens with one attached hydrogen (secondary N) is 1. The van der Waals surface area contributed by atoms with E-state index in [-0.39, 0.29) is 18.9 Å². The minimum atomic E-state index is -1.28. The van der Waals surface area contributed by atoms with Gasteiger partial charge >= 0.3 is 6.09 Å². The van der Waals surface area contributed by atoms with E-state index in [0.717, 1.165) is 5.56 Å². The number of hydrogen-bond acceptors (Lipinski definition) is 5. The van der Waals surface area contributed by atoms with Crippen LogP contribution in [0.15, 0.2) is 53.0 Å². The molecule has 0 heterocycles. The first-order valence-corrected chi connectivity index (χ1v) is 8.05. The Bertz CT molecular complexity index is 680.